The van der Waals surface area contributed by atoms with E-state index in [0.717, 1.165) is 11.1 Å². The molecule has 0 fully saturated rings. The number of hydrogen-bond donors (Lipinski definition) is 1. The molecule has 0 aliphatic heterocycles. The molecule has 1 rings (SSSR count). The van der Waals surface area contributed by atoms with Gasteiger partial charge < -0.3 is 14.6 Å². The van der Waals surface area contributed by atoms with E-state index in [2.05, 4.69) is 0 Å². The number of ether oxygens (including phenoxy) is 2. The molecule has 1 unspecified atom stereocenters. The average Bonchev–Trinajstić information content (AvgIpc) is 2.29. The van der Waals surface area contributed by atoms with Crippen molar-refractivity contribution >= 4 is 0 Å². The Balaban J connectivity index is 3.00. The molecule has 3 nitrogen and oxygen atoms in total. The van der Waals surface area contributed by atoms with Gasteiger partial charge in [-0.1, -0.05) is 18.2 Å². The second kappa shape index (κ2) is 5.63. The Labute approximate surface area is 103 Å². The SMILES string of the molecule is COC(CC(C)(O)c1cccc(C)c1C)OC. The lowest BCUT2D eigenvalue weighted by Crippen LogP contribution is -2.30. The summed E-state index contributed by atoms with van der Waals surface area (Å²) in [5.41, 5.74) is 2.27. The largest absolute Gasteiger partial charge is 0.385 e. The van der Waals surface area contributed by atoms with Crippen molar-refractivity contribution in [3.8, 4) is 0 Å². The van der Waals surface area contributed by atoms with Crippen LogP contribution in [0, 0.1) is 13.8 Å². The van der Waals surface area contributed by atoms with Gasteiger partial charge in [0.25, 0.3) is 0 Å². The van der Waals surface area contributed by atoms with E-state index in [4.69, 9.17) is 9.47 Å². The number of rotatable bonds is 5. The van der Waals surface area contributed by atoms with Gasteiger partial charge in [-0.3, -0.25) is 0 Å². The number of aryl methyl sites for hydroxylation is 1. The van der Waals surface area contributed by atoms with Crippen molar-refractivity contribution in [2.24, 2.45) is 0 Å². The molecule has 0 aromatic heterocycles. The molecule has 0 bridgehead atoms. The first-order valence-electron chi connectivity index (χ1n) is 5.77. The second-order valence-electron chi connectivity index (χ2n) is 4.63. The summed E-state index contributed by atoms with van der Waals surface area (Å²) in [7, 11) is 3.15. The van der Waals surface area contributed by atoms with Gasteiger partial charge in [-0.2, -0.15) is 0 Å². The highest BCUT2D eigenvalue weighted by molar-refractivity contribution is 5.36. The van der Waals surface area contributed by atoms with Gasteiger partial charge >= 0.3 is 0 Å². The topological polar surface area (TPSA) is 38.7 Å². The average molecular weight is 238 g/mol. The highest BCUT2D eigenvalue weighted by Gasteiger charge is 2.29. The highest BCUT2D eigenvalue weighted by atomic mass is 16.7. The summed E-state index contributed by atoms with van der Waals surface area (Å²) in [5.74, 6) is 0. The van der Waals surface area contributed by atoms with Crippen LogP contribution in [-0.4, -0.2) is 25.6 Å². The summed E-state index contributed by atoms with van der Waals surface area (Å²) in [6, 6.07) is 5.95. The van der Waals surface area contributed by atoms with Crippen molar-refractivity contribution in [3.63, 3.8) is 0 Å². The summed E-state index contributed by atoms with van der Waals surface area (Å²) in [5, 5.41) is 10.6. The first-order chi connectivity index (χ1) is 7.92. The summed E-state index contributed by atoms with van der Waals surface area (Å²) < 4.78 is 10.3. The van der Waals surface area contributed by atoms with Gasteiger partial charge in [-0.15, -0.1) is 0 Å². The molecule has 0 aliphatic carbocycles. The van der Waals surface area contributed by atoms with Crippen LogP contribution < -0.4 is 0 Å². The molecular formula is C14H22O3. The second-order valence-corrected chi connectivity index (χ2v) is 4.63. The molecule has 0 heterocycles. The molecule has 0 aliphatic rings. The standard InChI is InChI=1S/C14H22O3/c1-10-7-6-8-12(11(10)2)14(3,15)9-13(16-4)17-5/h6-8,13,15H,9H2,1-5H3. The van der Waals surface area contributed by atoms with Crippen LogP contribution in [-0.2, 0) is 15.1 Å². The quantitative estimate of drug-likeness (QED) is 0.801. The van der Waals surface area contributed by atoms with Gasteiger partial charge in [0.05, 0.1) is 5.60 Å². The lowest BCUT2D eigenvalue weighted by atomic mass is 9.87. The summed E-state index contributed by atoms with van der Waals surface area (Å²) >= 11 is 0. The van der Waals surface area contributed by atoms with Crippen LogP contribution >= 0.6 is 0 Å². The molecule has 0 saturated heterocycles. The molecule has 0 spiro atoms. The van der Waals surface area contributed by atoms with Crippen LogP contribution in [0.4, 0.5) is 0 Å². The Morgan fingerprint density at radius 2 is 1.82 bits per heavy atom. The molecule has 1 atom stereocenters. The van der Waals surface area contributed by atoms with Gasteiger partial charge in [0, 0.05) is 20.6 Å². The van der Waals surface area contributed by atoms with Gasteiger partial charge in [0.1, 0.15) is 0 Å². The lowest BCUT2D eigenvalue weighted by Gasteiger charge is -2.29. The maximum absolute atomic E-state index is 10.6. The van der Waals surface area contributed by atoms with Crippen LogP contribution in [0.2, 0.25) is 0 Å². The predicted octanol–water partition coefficient (Wildman–Crippen LogP) is 2.52. The molecular weight excluding hydrogens is 216 g/mol. The summed E-state index contributed by atoms with van der Waals surface area (Å²) in [4.78, 5) is 0. The molecule has 1 N–H and O–H groups in total. The Morgan fingerprint density at radius 1 is 1.24 bits per heavy atom. The third kappa shape index (κ3) is 3.28. The molecule has 0 saturated carbocycles. The maximum Gasteiger partial charge on any atom is 0.159 e. The van der Waals surface area contributed by atoms with E-state index in [1.54, 1.807) is 21.1 Å². The van der Waals surface area contributed by atoms with Crippen molar-refractivity contribution in [3.05, 3.63) is 34.9 Å². The minimum Gasteiger partial charge on any atom is -0.385 e. The van der Waals surface area contributed by atoms with Gasteiger partial charge in [-0.05, 0) is 37.5 Å². The van der Waals surface area contributed by atoms with Gasteiger partial charge in [-0.25, -0.2) is 0 Å². The third-order valence-electron chi connectivity index (χ3n) is 3.27. The van der Waals surface area contributed by atoms with E-state index in [-0.39, 0.29) is 0 Å². The van der Waals surface area contributed by atoms with E-state index in [1.165, 1.54) is 5.56 Å². The molecule has 1 aromatic carbocycles. The lowest BCUT2D eigenvalue weighted by molar-refractivity contribution is -0.142. The maximum atomic E-state index is 10.6. The third-order valence-corrected chi connectivity index (χ3v) is 3.27. The smallest absolute Gasteiger partial charge is 0.159 e. The number of benzene rings is 1. The Bertz CT molecular complexity index is 368. The summed E-state index contributed by atoms with van der Waals surface area (Å²) in [6.07, 6.45) is 0.00881. The van der Waals surface area contributed by atoms with Crippen LogP contribution in [0.15, 0.2) is 18.2 Å². The van der Waals surface area contributed by atoms with Crippen molar-refractivity contribution < 1.29 is 14.6 Å². The van der Waals surface area contributed by atoms with Gasteiger partial charge in [0.15, 0.2) is 6.29 Å². The zero-order chi connectivity index (χ0) is 13.1. The van der Waals surface area contributed by atoms with Gasteiger partial charge in [0.2, 0.25) is 0 Å². The zero-order valence-electron chi connectivity index (χ0n) is 11.3. The normalized spacial score (nSPS) is 15.0. The number of methoxy groups -OCH3 is 2. The zero-order valence-corrected chi connectivity index (χ0v) is 11.3. The van der Waals surface area contributed by atoms with E-state index < -0.39 is 11.9 Å². The van der Waals surface area contributed by atoms with E-state index in [0.29, 0.717) is 6.42 Å². The monoisotopic (exact) mass is 238 g/mol. The predicted molar refractivity (Wildman–Crippen MR) is 67.9 cm³/mol. The Kier molecular flexibility index (Phi) is 4.69. The first-order valence-corrected chi connectivity index (χ1v) is 5.77. The highest BCUT2D eigenvalue weighted by Crippen LogP contribution is 2.30. The summed E-state index contributed by atoms with van der Waals surface area (Å²) in [6.45, 7) is 5.85. The minimum atomic E-state index is -0.952. The fourth-order valence-corrected chi connectivity index (χ4v) is 2.03. The Hall–Kier alpha value is -0.900. The fourth-order valence-electron chi connectivity index (χ4n) is 2.03. The van der Waals surface area contributed by atoms with E-state index in [1.807, 2.05) is 32.0 Å². The van der Waals surface area contributed by atoms with Crippen molar-refractivity contribution in [2.75, 3.05) is 14.2 Å². The van der Waals surface area contributed by atoms with E-state index >= 15 is 0 Å². The fraction of sp³-hybridized carbons (Fsp3) is 0.571. The molecule has 0 amide bonds. The molecule has 3 heteroatoms. The van der Waals surface area contributed by atoms with Crippen molar-refractivity contribution in [2.45, 2.75) is 39.1 Å². The Morgan fingerprint density at radius 3 is 2.35 bits per heavy atom. The number of aliphatic hydroxyl groups is 1. The molecule has 17 heavy (non-hydrogen) atoms. The van der Waals surface area contributed by atoms with Crippen LogP contribution in [0.25, 0.3) is 0 Å². The number of hydrogen-bond acceptors (Lipinski definition) is 3. The first kappa shape index (κ1) is 14.2. The van der Waals surface area contributed by atoms with E-state index in [9.17, 15) is 5.11 Å². The van der Waals surface area contributed by atoms with Crippen molar-refractivity contribution in [1.29, 1.82) is 0 Å². The molecule has 1 aromatic rings. The van der Waals surface area contributed by atoms with Crippen LogP contribution in [0.5, 0.6) is 0 Å². The van der Waals surface area contributed by atoms with Crippen molar-refractivity contribution in [1.82, 2.24) is 0 Å². The van der Waals surface area contributed by atoms with Crippen LogP contribution in [0.3, 0.4) is 0 Å². The minimum absolute atomic E-state index is 0.398. The van der Waals surface area contributed by atoms with Crippen LogP contribution in [0.1, 0.15) is 30.0 Å². The molecule has 96 valence electrons. The molecule has 0 radical (unpaired) electrons.